The van der Waals surface area contributed by atoms with Crippen LogP contribution in [0.5, 0.6) is 0 Å². The van der Waals surface area contributed by atoms with Crippen LogP contribution < -0.4 is 5.73 Å². The lowest BCUT2D eigenvalue weighted by Crippen LogP contribution is -1.88. The van der Waals surface area contributed by atoms with Crippen LogP contribution in [0.2, 0.25) is 0 Å². The Kier molecular flexibility index (Phi) is 2.10. The summed E-state index contributed by atoms with van der Waals surface area (Å²) in [5.74, 6) is 0.492. The van der Waals surface area contributed by atoms with Crippen LogP contribution in [0.4, 0.5) is 5.95 Å². The van der Waals surface area contributed by atoms with Gasteiger partial charge in [-0.05, 0) is 6.42 Å². The average Bonchev–Trinajstić information content (AvgIpc) is 2.17. The summed E-state index contributed by atoms with van der Waals surface area (Å²) in [7, 11) is 0. The maximum absolute atomic E-state index is 5.33. The predicted molar refractivity (Wildman–Crippen MR) is 40.5 cm³/mol. The fourth-order valence-corrected chi connectivity index (χ4v) is 1.03. The van der Waals surface area contributed by atoms with Crippen molar-refractivity contribution in [1.82, 2.24) is 9.97 Å². The molecule has 0 saturated carbocycles. The number of aryl methyl sites for hydroxylation is 1. The van der Waals surface area contributed by atoms with E-state index in [2.05, 4.69) is 25.9 Å². The first kappa shape index (κ1) is 6.61. The van der Waals surface area contributed by atoms with Crippen molar-refractivity contribution >= 4 is 21.9 Å². The second-order valence-corrected chi connectivity index (χ2v) is 2.53. The van der Waals surface area contributed by atoms with Crippen molar-refractivity contribution < 1.29 is 0 Å². The van der Waals surface area contributed by atoms with Crippen molar-refractivity contribution in [3.8, 4) is 0 Å². The fourth-order valence-electron chi connectivity index (χ4n) is 0.605. The summed E-state index contributed by atoms with van der Waals surface area (Å²) in [6.07, 6.45) is 2.70. The molecule has 3 N–H and O–H groups in total. The zero-order valence-electron chi connectivity index (χ0n) is 4.89. The molecule has 50 valence electrons. The molecule has 1 heterocycles. The van der Waals surface area contributed by atoms with E-state index in [1.807, 2.05) is 0 Å². The molecular weight excluding hydrogens is 182 g/mol. The molecule has 0 aliphatic carbocycles. The predicted octanol–water partition coefficient (Wildman–Crippen LogP) is 0.929. The molecular formula is C5H8BrN3. The molecule has 0 fully saturated rings. The van der Waals surface area contributed by atoms with Gasteiger partial charge < -0.3 is 10.7 Å². The highest BCUT2D eigenvalue weighted by Crippen LogP contribution is 1.99. The summed E-state index contributed by atoms with van der Waals surface area (Å²) < 4.78 is 0. The highest BCUT2D eigenvalue weighted by molar-refractivity contribution is 9.09. The van der Waals surface area contributed by atoms with Crippen LogP contribution in [0.15, 0.2) is 6.20 Å². The SMILES string of the molecule is Nc1ncc(CCBr)[nH]1. The van der Waals surface area contributed by atoms with Gasteiger partial charge >= 0.3 is 0 Å². The molecule has 0 aromatic carbocycles. The topological polar surface area (TPSA) is 54.7 Å². The molecule has 0 aliphatic heterocycles. The number of rotatable bonds is 2. The minimum Gasteiger partial charge on any atom is -0.369 e. The lowest BCUT2D eigenvalue weighted by molar-refractivity contribution is 1.09. The Morgan fingerprint density at radius 1 is 1.78 bits per heavy atom. The summed E-state index contributed by atoms with van der Waals surface area (Å²) in [5.41, 5.74) is 6.40. The van der Waals surface area contributed by atoms with Crippen LogP contribution in [0.3, 0.4) is 0 Å². The Morgan fingerprint density at radius 2 is 2.56 bits per heavy atom. The molecule has 0 spiro atoms. The fraction of sp³-hybridized carbons (Fsp3) is 0.400. The van der Waals surface area contributed by atoms with E-state index in [-0.39, 0.29) is 0 Å². The van der Waals surface area contributed by atoms with Gasteiger partial charge in [0.15, 0.2) is 5.95 Å². The van der Waals surface area contributed by atoms with Gasteiger partial charge in [-0.1, -0.05) is 15.9 Å². The van der Waals surface area contributed by atoms with E-state index in [1.54, 1.807) is 6.20 Å². The number of alkyl halides is 1. The molecule has 1 aromatic rings. The van der Waals surface area contributed by atoms with Gasteiger partial charge in [-0.2, -0.15) is 0 Å². The maximum atomic E-state index is 5.33. The number of halogens is 1. The van der Waals surface area contributed by atoms with Crippen molar-refractivity contribution in [2.24, 2.45) is 0 Å². The van der Waals surface area contributed by atoms with Crippen LogP contribution >= 0.6 is 15.9 Å². The Balaban J connectivity index is 2.61. The third kappa shape index (κ3) is 1.71. The number of aromatic amines is 1. The van der Waals surface area contributed by atoms with Crippen molar-refractivity contribution in [2.45, 2.75) is 6.42 Å². The van der Waals surface area contributed by atoms with Crippen molar-refractivity contribution in [3.05, 3.63) is 11.9 Å². The van der Waals surface area contributed by atoms with Crippen LogP contribution in [0.1, 0.15) is 5.69 Å². The lowest BCUT2D eigenvalue weighted by atomic mass is 10.4. The average molecular weight is 190 g/mol. The zero-order valence-corrected chi connectivity index (χ0v) is 6.48. The Hall–Kier alpha value is -0.510. The smallest absolute Gasteiger partial charge is 0.197 e. The summed E-state index contributed by atoms with van der Waals surface area (Å²) >= 11 is 3.31. The molecule has 0 aliphatic rings. The standard InChI is InChI=1S/C5H8BrN3/c6-2-1-4-3-8-5(7)9-4/h3H,1-2H2,(H3,7,8,9). The number of imidazole rings is 1. The largest absolute Gasteiger partial charge is 0.369 e. The minimum atomic E-state index is 0.492. The monoisotopic (exact) mass is 189 g/mol. The zero-order chi connectivity index (χ0) is 6.69. The Morgan fingerprint density at radius 3 is 3.00 bits per heavy atom. The molecule has 1 aromatic heterocycles. The van der Waals surface area contributed by atoms with Gasteiger partial charge in [-0.3, -0.25) is 0 Å². The molecule has 9 heavy (non-hydrogen) atoms. The molecule has 1 rings (SSSR count). The second kappa shape index (κ2) is 2.87. The van der Waals surface area contributed by atoms with Gasteiger partial charge in [-0.15, -0.1) is 0 Å². The highest BCUT2D eigenvalue weighted by Gasteiger charge is 1.93. The van der Waals surface area contributed by atoms with E-state index in [0.29, 0.717) is 5.95 Å². The molecule has 0 unspecified atom stereocenters. The number of nitrogens with zero attached hydrogens (tertiary/aromatic N) is 1. The van der Waals surface area contributed by atoms with Crippen LogP contribution in [0, 0.1) is 0 Å². The molecule has 4 heteroatoms. The quantitative estimate of drug-likeness (QED) is 0.681. The summed E-state index contributed by atoms with van der Waals surface area (Å²) in [6, 6.07) is 0. The Labute approximate surface area is 61.8 Å². The van der Waals surface area contributed by atoms with E-state index >= 15 is 0 Å². The van der Waals surface area contributed by atoms with Crippen LogP contribution in [0.25, 0.3) is 0 Å². The minimum absolute atomic E-state index is 0.492. The number of hydrogen-bond acceptors (Lipinski definition) is 2. The molecule has 0 saturated heterocycles. The first-order chi connectivity index (χ1) is 4.33. The molecule has 0 atom stereocenters. The summed E-state index contributed by atoms with van der Waals surface area (Å²) in [4.78, 5) is 6.75. The molecule has 0 radical (unpaired) electrons. The van der Waals surface area contributed by atoms with E-state index < -0.39 is 0 Å². The third-order valence-electron chi connectivity index (χ3n) is 1.01. The first-order valence-corrected chi connectivity index (χ1v) is 3.80. The number of nitrogen functional groups attached to an aromatic ring is 1. The van der Waals surface area contributed by atoms with Crippen molar-refractivity contribution in [3.63, 3.8) is 0 Å². The van der Waals surface area contributed by atoms with E-state index in [1.165, 1.54) is 0 Å². The van der Waals surface area contributed by atoms with Gasteiger partial charge in [0, 0.05) is 11.0 Å². The summed E-state index contributed by atoms with van der Waals surface area (Å²) in [6.45, 7) is 0. The van der Waals surface area contributed by atoms with E-state index in [4.69, 9.17) is 5.73 Å². The van der Waals surface area contributed by atoms with Gasteiger partial charge in [0.2, 0.25) is 0 Å². The second-order valence-electron chi connectivity index (χ2n) is 1.73. The maximum Gasteiger partial charge on any atom is 0.197 e. The van der Waals surface area contributed by atoms with Gasteiger partial charge in [0.25, 0.3) is 0 Å². The normalized spacial score (nSPS) is 9.89. The molecule has 3 nitrogen and oxygen atoms in total. The van der Waals surface area contributed by atoms with Crippen LogP contribution in [-0.4, -0.2) is 15.3 Å². The Bertz CT molecular complexity index is 184. The number of nitrogens with one attached hydrogen (secondary N) is 1. The highest BCUT2D eigenvalue weighted by atomic mass is 79.9. The number of aromatic nitrogens is 2. The lowest BCUT2D eigenvalue weighted by Gasteiger charge is -1.86. The van der Waals surface area contributed by atoms with Gasteiger partial charge in [0.1, 0.15) is 0 Å². The van der Waals surface area contributed by atoms with Gasteiger partial charge in [-0.25, -0.2) is 4.98 Å². The van der Waals surface area contributed by atoms with E-state index in [0.717, 1.165) is 17.4 Å². The molecule has 0 amide bonds. The number of nitrogens with two attached hydrogens (primary N) is 1. The van der Waals surface area contributed by atoms with Crippen molar-refractivity contribution in [2.75, 3.05) is 11.1 Å². The third-order valence-corrected chi connectivity index (χ3v) is 1.41. The van der Waals surface area contributed by atoms with Gasteiger partial charge in [0.05, 0.1) is 6.20 Å². The van der Waals surface area contributed by atoms with Crippen molar-refractivity contribution in [1.29, 1.82) is 0 Å². The number of anilines is 1. The first-order valence-electron chi connectivity index (χ1n) is 2.68. The summed E-state index contributed by atoms with van der Waals surface area (Å²) in [5, 5.41) is 0.939. The number of hydrogen-bond donors (Lipinski definition) is 2. The molecule has 0 bridgehead atoms. The van der Waals surface area contributed by atoms with Crippen LogP contribution in [-0.2, 0) is 6.42 Å². The number of H-pyrrole nitrogens is 1. The van der Waals surface area contributed by atoms with E-state index in [9.17, 15) is 0 Å².